The van der Waals surface area contributed by atoms with Gasteiger partial charge in [-0.25, -0.2) is 4.39 Å². The fraction of sp³-hybridized carbons (Fsp3) is 0.500. The monoisotopic (exact) mass is 288 g/mol. The van der Waals surface area contributed by atoms with Gasteiger partial charge in [0.2, 0.25) is 0 Å². The van der Waals surface area contributed by atoms with Crippen molar-refractivity contribution in [3.05, 3.63) is 29.6 Å². The third-order valence-corrected chi connectivity index (χ3v) is 4.11. The second kappa shape index (κ2) is 5.15. The fourth-order valence-corrected chi connectivity index (χ4v) is 2.73. The fourth-order valence-electron chi connectivity index (χ4n) is 1.96. The summed E-state index contributed by atoms with van der Waals surface area (Å²) in [4.78, 5) is 0.0839. The van der Waals surface area contributed by atoms with E-state index < -0.39 is 0 Å². The van der Waals surface area contributed by atoms with Crippen LogP contribution in [0.2, 0.25) is 0 Å². The van der Waals surface area contributed by atoms with E-state index in [2.05, 4.69) is 15.9 Å². The number of hydrogen-bond acceptors (Lipinski definition) is 2. The zero-order valence-electron chi connectivity index (χ0n) is 9.08. The van der Waals surface area contributed by atoms with Gasteiger partial charge in [-0.3, -0.25) is 0 Å². The number of hydrogen-bond donors (Lipinski definition) is 0. The van der Waals surface area contributed by atoms with Crippen LogP contribution < -0.4 is 4.74 Å². The molecule has 1 aromatic carbocycles. The Balaban J connectivity index is 2.26. The minimum absolute atomic E-state index is 0.0839. The molecule has 0 radical (unpaired) electrons. The molecule has 1 aliphatic rings. The number of benzene rings is 1. The van der Waals surface area contributed by atoms with E-state index in [0.717, 1.165) is 30.9 Å². The highest BCUT2D eigenvalue weighted by Gasteiger charge is 2.27. The molecule has 0 spiro atoms. The first-order valence-corrected chi connectivity index (χ1v) is 6.19. The summed E-state index contributed by atoms with van der Waals surface area (Å²) in [7, 11) is 1.60. The van der Waals surface area contributed by atoms with Gasteiger partial charge in [-0.2, -0.15) is 0 Å². The zero-order chi connectivity index (χ0) is 11.5. The van der Waals surface area contributed by atoms with Crippen LogP contribution in [0, 0.1) is 11.7 Å². The molecule has 0 N–H and O–H groups in total. The summed E-state index contributed by atoms with van der Waals surface area (Å²) >= 11 is 3.61. The quantitative estimate of drug-likeness (QED) is 0.795. The van der Waals surface area contributed by atoms with Crippen LogP contribution >= 0.6 is 15.9 Å². The van der Waals surface area contributed by atoms with E-state index in [1.54, 1.807) is 13.2 Å². The third-order valence-electron chi connectivity index (χ3n) is 2.87. The Hall–Kier alpha value is -0.610. The van der Waals surface area contributed by atoms with E-state index in [4.69, 9.17) is 9.47 Å². The van der Waals surface area contributed by atoms with Gasteiger partial charge in [-0.05, 0) is 24.6 Å². The first-order valence-electron chi connectivity index (χ1n) is 5.27. The van der Waals surface area contributed by atoms with E-state index in [0.29, 0.717) is 5.92 Å². The Morgan fingerprint density at radius 3 is 3.00 bits per heavy atom. The Labute approximate surface area is 103 Å². The summed E-state index contributed by atoms with van der Waals surface area (Å²) in [5, 5.41) is 0. The van der Waals surface area contributed by atoms with E-state index in [-0.39, 0.29) is 10.6 Å². The molecule has 1 aromatic rings. The van der Waals surface area contributed by atoms with Gasteiger partial charge in [0, 0.05) is 22.9 Å². The summed E-state index contributed by atoms with van der Waals surface area (Å²) < 4.78 is 23.8. The lowest BCUT2D eigenvalue weighted by molar-refractivity contribution is 0.185. The van der Waals surface area contributed by atoms with Crippen molar-refractivity contribution in [2.75, 3.05) is 20.3 Å². The molecule has 2 nitrogen and oxygen atoms in total. The van der Waals surface area contributed by atoms with Gasteiger partial charge in [-0.15, -0.1) is 0 Å². The summed E-state index contributed by atoms with van der Waals surface area (Å²) in [6, 6.07) is 4.60. The maximum Gasteiger partial charge on any atom is 0.123 e. The molecular weight excluding hydrogens is 275 g/mol. The van der Waals surface area contributed by atoms with Crippen molar-refractivity contribution < 1.29 is 13.9 Å². The summed E-state index contributed by atoms with van der Waals surface area (Å²) in [6.07, 6.45) is 0.996. The van der Waals surface area contributed by atoms with Gasteiger partial charge in [-0.1, -0.05) is 15.9 Å². The minimum Gasteiger partial charge on any atom is -0.496 e. The molecule has 0 aliphatic carbocycles. The van der Waals surface area contributed by atoms with Crippen LogP contribution in [0.3, 0.4) is 0 Å². The van der Waals surface area contributed by atoms with Gasteiger partial charge in [0.15, 0.2) is 0 Å². The second-order valence-electron chi connectivity index (χ2n) is 3.91. The highest BCUT2D eigenvalue weighted by molar-refractivity contribution is 9.09. The summed E-state index contributed by atoms with van der Waals surface area (Å²) in [5.74, 6) is 0.866. The molecule has 2 rings (SSSR count). The van der Waals surface area contributed by atoms with Crippen LogP contribution in [0.1, 0.15) is 16.8 Å². The molecule has 1 heterocycles. The van der Waals surface area contributed by atoms with Gasteiger partial charge in [0.25, 0.3) is 0 Å². The van der Waals surface area contributed by atoms with Crippen LogP contribution in [0.5, 0.6) is 5.75 Å². The van der Waals surface area contributed by atoms with Gasteiger partial charge in [0.05, 0.1) is 13.7 Å². The lowest BCUT2D eigenvalue weighted by Gasteiger charge is -2.18. The highest BCUT2D eigenvalue weighted by Crippen LogP contribution is 2.40. The lowest BCUT2D eigenvalue weighted by Crippen LogP contribution is -2.08. The lowest BCUT2D eigenvalue weighted by atomic mass is 9.98. The van der Waals surface area contributed by atoms with Gasteiger partial charge < -0.3 is 9.47 Å². The first kappa shape index (κ1) is 11.9. The molecule has 16 heavy (non-hydrogen) atoms. The average Bonchev–Trinajstić information content (AvgIpc) is 2.81. The van der Waals surface area contributed by atoms with Crippen LogP contribution in [-0.4, -0.2) is 20.3 Å². The Morgan fingerprint density at radius 2 is 2.38 bits per heavy atom. The normalized spacial score (nSPS) is 22.1. The standard InChI is InChI=1S/C12H14BrFO2/c1-15-11-3-2-9(14)6-10(11)12(13)8-4-5-16-7-8/h2-3,6,8,12H,4-5,7H2,1H3. The number of methoxy groups -OCH3 is 1. The largest absolute Gasteiger partial charge is 0.496 e. The Bertz CT molecular complexity index is 364. The van der Waals surface area contributed by atoms with Crippen LogP contribution in [0.25, 0.3) is 0 Å². The molecule has 88 valence electrons. The first-order chi connectivity index (χ1) is 7.72. The zero-order valence-corrected chi connectivity index (χ0v) is 10.7. The van der Waals surface area contributed by atoms with Crippen LogP contribution in [0.15, 0.2) is 18.2 Å². The molecule has 2 atom stereocenters. The number of rotatable bonds is 3. The topological polar surface area (TPSA) is 18.5 Å². The van der Waals surface area contributed by atoms with Crippen molar-refractivity contribution >= 4 is 15.9 Å². The molecular formula is C12H14BrFO2. The SMILES string of the molecule is COc1ccc(F)cc1C(Br)C1CCOC1. The number of ether oxygens (including phenoxy) is 2. The van der Waals surface area contributed by atoms with Crippen molar-refractivity contribution in [2.24, 2.45) is 5.92 Å². The average molecular weight is 289 g/mol. The van der Waals surface area contributed by atoms with E-state index >= 15 is 0 Å². The Kier molecular flexibility index (Phi) is 3.82. The highest BCUT2D eigenvalue weighted by atomic mass is 79.9. The van der Waals surface area contributed by atoms with Gasteiger partial charge >= 0.3 is 0 Å². The molecule has 4 heteroatoms. The molecule has 0 saturated carbocycles. The minimum atomic E-state index is -0.237. The molecule has 0 amide bonds. The second-order valence-corrected chi connectivity index (χ2v) is 4.90. The molecule has 0 bridgehead atoms. The molecule has 1 aliphatic heterocycles. The van der Waals surface area contributed by atoms with Crippen LogP contribution in [0.4, 0.5) is 4.39 Å². The van der Waals surface area contributed by atoms with Crippen molar-refractivity contribution in [3.63, 3.8) is 0 Å². The van der Waals surface area contributed by atoms with Gasteiger partial charge in [0.1, 0.15) is 11.6 Å². The van der Waals surface area contributed by atoms with Crippen molar-refractivity contribution in [1.29, 1.82) is 0 Å². The molecule has 1 fully saturated rings. The predicted octanol–water partition coefficient (Wildman–Crippen LogP) is 3.31. The van der Waals surface area contributed by atoms with Crippen molar-refractivity contribution in [1.82, 2.24) is 0 Å². The number of halogens is 2. The van der Waals surface area contributed by atoms with Crippen molar-refractivity contribution in [3.8, 4) is 5.75 Å². The van der Waals surface area contributed by atoms with Crippen molar-refractivity contribution in [2.45, 2.75) is 11.2 Å². The Morgan fingerprint density at radius 1 is 1.56 bits per heavy atom. The van der Waals surface area contributed by atoms with E-state index in [1.807, 2.05) is 0 Å². The molecule has 2 unspecified atom stereocenters. The van der Waals surface area contributed by atoms with Crippen LogP contribution in [-0.2, 0) is 4.74 Å². The summed E-state index contributed by atoms with van der Waals surface area (Å²) in [6.45, 7) is 1.50. The number of alkyl halides is 1. The third kappa shape index (κ3) is 2.38. The molecule has 1 saturated heterocycles. The predicted molar refractivity (Wildman–Crippen MR) is 63.5 cm³/mol. The van der Waals surface area contributed by atoms with E-state index in [1.165, 1.54) is 12.1 Å². The smallest absolute Gasteiger partial charge is 0.123 e. The summed E-state index contributed by atoms with van der Waals surface area (Å²) in [5.41, 5.74) is 0.859. The van der Waals surface area contributed by atoms with E-state index in [9.17, 15) is 4.39 Å². The molecule has 0 aromatic heterocycles. The maximum atomic E-state index is 13.2. The maximum absolute atomic E-state index is 13.2.